The number of aliphatic carboxylic acids is 1. The molecule has 0 aliphatic carbocycles. The van der Waals surface area contributed by atoms with Crippen molar-refractivity contribution in [1.29, 1.82) is 0 Å². The number of hydrogen-bond donors (Lipinski definition) is 2. The molecule has 2 N–H and O–H groups in total. The molecule has 7 heteroatoms. The van der Waals surface area contributed by atoms with Crippen LogP contribution in [0.2, 0.25) is 0 Å². The standard InChI is InChI=1S/C16H24N2O5/c1-18(10-8-15(19)20)16(21)17-9-3-11-23-12-13-4-6-14(22-2)7-5-13/h4-7H,3,8-12H2,1-2H3,(H,17,21)(H,19,20). The van der Waals surface area contributed by atoms with E-state index in [1.165, 1.54) is 4.90 Å². The van der Waals surface area contributed by atoms with Gasteiger partial charge in [-0.2, -0.15) is 0 Å². The second-order valence-electron chi connectivity index (χ2n) is 5.05. The molecule has 0 spiro atoms. The molecular weight excluding hydrogens is 300 g/mol. The van der Waals surface area contributed by atoms with Crippen molar-refractivity contribution in [2.45, 2.75) is 19.4 Å². The lowest BCUT2D eigenvalue weighted by Gasteiger charge is -2.16. The average molecular weight is 324 g/mol. The molecule has 0 radical (unpaired) electrons. The van der Waals surface area contributed by atoms with E-state index in [2.05, 4.69) is 5.32 Å². The zero-order valence-electron chi connectivity index (χ0n) is 13.6. The molecule has 0 atom stereocenters. The minimum Gasteiger partial charge on any atom is -0.497 e. The number of nitrogens with one attached hydrogen (secondary N) is 1. The van der Waals surface area contributed by atoms with Crippen LogP contribution in [0, 0.1) is 0 Å². The van der Waals surface area contributed by atoms with Crippen LogP contribution < -0.4 is 10.1 Å². The van der Waals surface area contributed by atoms with Crippen LogP contribution in [0.4, 0.5) is 4.79 Å². The highest BCUT2D eigenvalue weighted by molar-refractivity contribution is 5.74. The Hall–Kier alpha value is -2.28. The van der Waals surface area contributed by atoms with Crippen molar-refractivity contribution in [3.05, 3.63) is 29.8 Å². The van der Waals surface area contributed by atoms with Crippen molar-refractivity contribution in [3.63, 3.8) is 0 Å². The number of hydrogen-bond acceptors (Lipinski definition) is 4. The highest BCUT2D eigenvalue weighted by Gasteiger charge is 2.08. The molecule has 0 unspecified atom stereocenters. The Bertz CT molecular complexity index is 490. The quantitative estimate of drug-likeness (QED) is 0.640. The zero-order chi connectivity index (χ0) is 17.1. The molecule has 0 saturated heterocycles. The van der Waals surface area contributed by atoms with Gasteiger partial charge in [0.1, 0.15) is 5.75 Å². The van der Waals surface area contributed by atoms with Gasteiger partial charge in [-0.1, -0.05) is 12.1 Å². The largest absolute Gasteiger partial charge is 0.497 e. The van der Waals surface area contributed by atoms with E-state index in [0.717, 1.165) is 11.3 Å². The Morgan fingerprint density at radius 1 is 1.26 bits per heavy atom. The molecule has 0 aliphatic heterocycles. The number of carbonyl (C=O) groups is 2. The summed E-state index contributed by atoms with van der Waals surface area (Å²) in [6.07, 6.45) is 0.629. The highest BCUT2D eigenvalue weighted by Crippen LogP contribution is 2.11. The van der Waals surface area contributed by atoms with Gasteiger partial charge >= 0.3 is 12.0 Å². The van der Waals surface area contributed by atoms with Crippen molar-refractivity contribution < 1.29 is 24.2 Å². The minimum atomic E-state index is -0.920. The number of carbonyl (C=O) groups excluding carboxylic acids is 1. The fourth-order valence-electron chi connectivity index (χ4n) is 1.78. The summed E-state index contributed by atoms with van der Waals surface area (Å²) in [7, 11) is 3.19. The van der Waals surface area contributed by atoms with Gasteiger partial charge in [-0.05, 0) is 24.1 Å². The molecule has 128 valence electrons. The molecule has 1 rings (SSSR count). The van der Waals surface area contributed by atoms with Crippen LogP contribution in [0.25, 0.3) is 0 Å². The Balaban J connectivity index is 2.08. The first-order chi connectivity index (χ1) is 11.0. The van der Waals surface area contributed by atoms with Gasteiger partial charge in [0, 0.05) is 26.7 Å². The smallest absolute Gasteiger partial charge is 0.317 e. The normalized spacial score (nSPS) is 10.2. The fourth-order valence-corrected chi connectivity index (χ4v) is 1.78. The van der Waals surface area contributed by atoms with E-state index in [9.17, 15) is 9.59 Å². The molecule has 1 aromatic carbocycles. The van der Waals surface area contributed by atoms with Gasteiger partial charge in [-0.25, -0.2) is 4.79 Å². The molecule has 1 aromatic rings. The van der Waals surface area contributed by atoms with Crippen molar-refractivity contribution in [2.24, 2.45) is 0 Å². The average Bonchev–Trinajstić information content (AvgIpc) is 2.56. The molecule has 0 fully saturated rings. The lowest BCUT2D eigenvalue weighted by atomic mass is 10.2. The number of benzene rings is 1. The fraction of sp³-hybridized carbons (Fsp3) is 0.500. The van der Waals surface area contributed by atoms with Gasteiger partial charge in [0.2, 0.25) is 0 Å². The number of carboxylic acid groups (broad SMARTS) is 1. The number of amides is 2. The number of carboxylic acids is 1. The van der Waals surface area contributed by atoms with Crippen molar-refractivity contribution in [1.82, 2.24) is 10.2 Å². The second-order valence-corrected chi connectivity index (χ2v) is 5.05. The lowest BCUT2D eigenvalue weighted by Crippen LogP contribution is -2.39. The first-order valence-corrected chi connectivity index (χ1v) is 7.44. The Kier molecular flexibility index (Phi) is 8.52. The zero-order valence-corrected chi connectivity index (χ0v) is 13.6. The van der Waals surface area contributed by atoms with Crippen LogP contribution in [0.5, 0.6) is 5.75 Å². The number of urea groups is 1. The van der Waals surface area contributed by atoms with Crippen LogP contribution in [-0.4, -0.2) is 55.9 Å². The monoisotopic (exact) mass is 324 g/mol. The predicted octanol–water partition coefficient (Wildman–Crippen LogP) is 1.72. The summed E-state index contributed by atoms with van der Waals surface area (Å²) in [6, 6.07) is 7.37. The Labute approximate surface area is 136 Å². The molecule has 2 amide bonds. The first-order valence-electron chi connectivity index (χ1n) is 7.44. The van der Waals surface area contributed by atoms with Gasteiger partial charge in [0.15, 0.2) is 0 Å². The minimum absolute atomic E-state index is 0.0606. The van der Waals surface area contributed by atoms with Crippen LogP contribution in [0.15, 0.2) is 24.3 Å². The van der Waals surface area contributed by atoms with E-state index in [-0.39, 0.29) is 19.0 Å². The summed E-state index contributed by atoms with van der Waals surface area (Å²) >= 11 is 0. The summed E-state index contributed by atoms with van der Waals surface area (Å²) in [4.78, 5) is 23.4. The van der Waals surface area contributed by atoms with E-state index in [1.54, 1.807) is 14.2 Å². The van der Waals surface area contributed by atoms with Crippen molar-refractivity contribution >= 4 is 12.0 Å². The van der Waals surface area contributed by atoms with Gasteiger partial charge < -0.3 is 24.8 Å². The van der Waals surface area contributed by atoms with Gasteiger partial charge in [0.25, 0.3) is 0 Å². The maximum absolute atomic E-state index is 11.6. The van der Waals surface area contributed by atoms with Crippen LogP contribution in [-0.2, 0) is 16.1 Å². The molecule has 0 bridgehead atoms. The summed E-state index contributed by atoms with van der Waals surface area (Å²) < 4.78 is 10.6. The topological polar surface area (TPSA) is 88.1 Å². The van der Waals surface area contributed by atoms with E-state index in [0.29, 0.717) is 26.2 Å². The first kappa shape index (κ1) is 18.8. The Morgan fingerprint density at radius 3 is 2.57 bits per heavy atom. The van der Waals surface area contributed by atoms with E-state index >= 15 is 0 Å². The van der Waals surface area contributed by atoms with Gasteiger partial charge in [-0.15, -0.1) is 0 Å². The third kappa shape index (κ3) is 8.06. The summed E-state index contributed by atoms with van der Waals surface area (Å²) in [5.74, 6) is -0.111. The lowest BCUT2D eigenvalue weighted by molar-refractivity contribution is -0.137. The van der Waals surface area contributed by atoms with Crippen LogP contribution in [0.3, 0.4) is 0 Å². The molecule has 0 heterocycles. The SMILES string of the molecule is COc1ccc(COCCCNC(=O)N(C)CCC(=O)O)cc1. The predicted molar refractivity (Wildman–Crippen MR) is 85.5 cm³/mol. The third-order valence-corrected chi connectivity index (χ3v) is 3.18. The van der Waals surface area contributed by atoms with E-state index in [4.69, 9.17) is 14.6 Å². The summed E-state index contributed by atoms with van der Waals surface area (Å²) in [5.41, 5.74) is 1.06. The van der Waals surface area contributed by atoms with Crippen LogP contribution in [0.1, 0.15) is 18.4 Å². The maximum Gasteiger partial charge on any atom is 0.317 e. The van der Waals surface area contributed by atoms with Crippen molar-refractivity contribution in [2.75, 3.05) is 33.9 Å². The number of ether oxygens (including phenoxy) is 2. The molecule has 0 aliphatic rings. The number of nitrogens with zero attached hydrogens (tertiary/aromatic N) is 1. The summed E-state index contributed by atoms with van der Waals surface area (Å²) in [5, 5.41) is 11.3. The number of rotatable bonds is 10. The van der Waals surface area contributed by atoms with Crippen LogP contribution >= 0.6 is 0 Å². The van der Waals surface area contributed by atoms with Gasteiger partial charge in [0.05, 0.1) is 20.1 Å². The second kappa shape index (κ2) is 10.4. The van der Waals surface area contributed by atoms with Crippen molar-refractivity contribution in [3.8, 4) is 5.75 Å². The number of methoxy groups -OCH3 is 1. The van der Waals surface area contributed by atoms with E-state index in [1.807, 2.05) is 24.3 Å². The molecule has 23 heavy (non-hydrogen) atoms. The molecule has 0 saturated carbocycles. The molecule has 0 aromatic heterocycles. The Morgan fingerprint density at radius 2 is 1.96 bits per heavy atom. The van der Waals surface area contributed by atoms with Gasteiger partial charge in [-0.3, -0.25) is 4.79 Å². The summed E-state index contributed by atoms with van der Waals surface area (Å²) in [6.45, 7) is 1.72. The van der Waals surface area contributed by atoms with E-state index < -0.39 is 5.97 Å². The highest BCUT2D eigenvalue weighted by atomic mass is 16.5. The third-order valence-electron chi connectivity index (χ3n) is 3.18. The molecule has 7 nitrogen and oxygen atoms in total. The molecular formula is C16H24N2O5. The maximum atomic E-state index is 11.6.